The highest BCUT2D eigenvalue weighted by atomic mass is 16.6. The van der Waals surface area contributed by atoms with Gasteiger partial charge in [0, 0.05) is 0 Å². The second-order valence-electron chi connectivity index (χ2n) is 4.17. The minimum Gasteiger partial charge on any atom is -0.394 e. The third kappa shape index (κ3) is 2.22. The van der Waals surface area contributed by atoms with E-state index >= 15 is 0 Å². The van der Waals surface area contributed by atoms with E-state index in [1.54, 1.807) is 4.98 Å². The minimum absolute atomic E-state index is 0.586. The first-order chi connectivity index (χ1) is 9.36. The Morgan fingerprint density at radius 1 is 1.40 bits per heavy atom. The molecule has 0 unspecified atom stereocenters. The van der Waals surface area contributed by atoms with Crippen molar-refractivity contribution >= 4 is 5.69 Å². The number of hydrogen-bond acceptors (Lipinski definition) is 8. The maximum Gasteiger partial charge on any atom is 0.350 e. The van der Waals surface area contributed by atoms with Crippen LogP contribution in [-0.2, 0) is 4.74 Å². The van der Waals surface area contributed by atoms with Gasteiger partial charge in [0.2, 0.25) is 0 Å². The van der Waals surface area contributed by atoms with Gasteiger partial charge in [-0.1, -0.05) is 0 Å². The number of hydrogen-bond donors (Lipinski definition) is 4. The molecule has 2 heterocycles. The van der Waals surface area contributed by atoms with Gasteiger partial charge in [0.05, 0.1) is 17.7 Å². The van der Waals surface area contributed by atoms with Crippen molar-refractivity contribution in [3.8, 4) is 0 Å². The maximum absolute atomic E-state index is 11.6. The van der Waals surface area contributed by atoms with E-state index in [0.717, 1.165) is 0 Å². The summed E-state index contributed by atoms with van der Waals surface area (Å²) in [7, 11) is 0. The molecule has 1 aromatic rings. The monoisotopic (exact) mass is 289 g/mol. The molecule has 11 heteroatoms. The average molecular weight is 289 g/mol. The zero-order valence-electron chi connectivity index (χ0n) is 9.87. The van der Waals surface area contributed by atoms with E-state index in [0.29, 0.717) is 10.8 Å². The third-order valence-electron chi connectivity index (χ3n) is 2.94. The van der Waals surface area contributed by atoms with Crippen LogP contribution in [-0.4, -0.2) is 54.7 Å². The van der Waals surface area contributed by atoms with Crippen molar-refractivity contribution in [1.29, 1.82) is 0 Å². The molecule has 4 atom stereocenters. The Hall–Kier alpha value is -2.08. The second kappa shape index (κ2) is 5.13. The first kappa shape index (κ1) is 14.3. The Balaban J connectivity index is 2.48. The molecule has 0 aromatic carbocycles. The van der Waals surface area contributed by atoms with Gasteiger partial charge in [0.15, 0.2) is 6.23 Å². The van der Waals surface area contributed by atoms with E-state index in [2.05, 4.69) is 0 Å². The van der Waals surface area contributed by atoms with Gasteiger partial charge in [0.25, 0.3) is 0 Å². The summed E-state index contributed by atoms with van der Waals surface area (Å²) in [6, 6.07) is 0. The lowest BCUT2D eigenvalue weighted by molar-refractivity contribution is -0.387. The van der Waals surface area contributed by atoms with Gasteiger partial charge in [-0.25, -0.2) is 4.79 Å². The van der Waals surface area contributed by atoms with Crippen LogP contribution in [0, 0.1) is 10.1 Å². The molecular weight excluding hydrogens is 278 g/mol. The summed E-state index contributed by atoms with van der Waals surface area (Å²) >= 11 is 0. The quantitative estimate of drug-likeness (QED) is 0.338. The van der Waals surface area contributed by atoms with Crippen LogP contribution in [0.3, 0.4) is 0 Å². The highest BCUT2D eigenvalue weighted by molar-refractivity contribution is 5.21. The fraction of sp³-hybridized carbons (Fsp3) is 0.556. The zero-order valence-corrected chi connectivity index (χ0v) is 9.87. The van der Waals surface area contributed by atoms with Gasteiger partial charge in [-0.3, -0.25) is 24.5 Å². The summed E-state index contributed by atoms with van der Waals surface area (Å²) < 4.78 is 5.63. The molecule has 0 bridgehead atoms. The number of rotatable bonds is 3. The molecule has 1 aliphatic rings. The molecule has 0 amide bonds. The Morgan fingerprint density at radius 3 is 2.55 bits per heavy atom. The summed E-state index contributed by atoms with van der Waals surface area (Å²) in [5.74, 6) is 0. The molecule has 0 saturated carbocycles. The normalized spacial score (nSPS) is 29.6. The molecular formula is C9H11N3O8. The Morgan fingerprint density at radius 2 is 2.05 bits per heavy atom. The lowest BCUT2D eigenvalue weighted by atomic mass is 10.1. The Bertz CT molecular complexity index is 637. The van der Waals surface area contributed by atoms with Gasteiger partial charge >= 0.3 is 16.9 Å². The molecule has 0 radical (unpaired) electrons. The van der Waals surface area contributed by atoms with Crippen molar-refractivity contribution in [3.63, 3.8) is 0 Å². The summed E-state index contributed by atoms with van der Waals surface area (Å²) in [5, 5.41) is 38.9. The van der Waals surface area contributed by atoms with E-state index in [1.165, 1.54) is 0 Å². The van der Waals surface area contributed by atoms with Crippen LogP contribution >= 0.6 is 0 Å². The Labute approximate surface area is 109 Å². The third-order valence-corrected chi connectivity index (χ3v) is 2.94. The van der Waals surface area contributed by atoms with Crippen molar-refractivity contribution in [1.82, 2.24) is 9.55 Å². The first-order valence-electron chi connectivity index (χ1n) is 5.49. The highest BCUT2D eigenvalue weighted by Gasteiger charge is 2.44. The van der Waals surface area contributed by atoms with Gasteiger partial charge in [-0.15, -0.1) is 0 Å². The number of aromatic amines is 1. The van der Waals surface area contributed by atoms with Gasteiger partial charge < -0.3 is 20.1 Å². The summed E-state index contributed by atoms with van der Waals surface area (Å²) in [6.07, 6.45) is -5.04. The number of ether oxygens (including phenoxy) is 1. The molecule has 4 N–H and O–H groups in total. The molecule has 1 aromatic heterocycles. The van der Waals surface area contributed by atoms with Crippen molar-refractivity contribution < 1.29 is 25.0 Å². The van der Waals surface area contributed by atoms with Crippen molar-refractivity contribution in [2.75, 3.05) is 6.61 Å². The molecule has 2 rings (SSSR count). The topological polar surface area (TPSA) is 168 Å². The number of H-pyrrole nitrogens is 1. The number of aromatic nitrogens is 2. The SMILES string of the molecule is O=c1[nH]c(=O)n([C@@H]2O[C@H](CO)[C@@H](O)[C@@H]2O)cc1[N+](=O)[O-]. The molecule has 110 valence electrons. The van der Waals surface area contributed by atoms with Crippen LogP contribution in [0.4, 0.5) is 5.69 Å². The maximum atomic E-state index is 11.6. The van der Waals surface area contributed by atoms with E-state index in [1.807, 2.05) is 0 Å². The highest BCUT2D eigenvalue weighted by Crippen LogP contribution is 2.28. The average Bonchev–Trinajstić information content (AvgIpc) is 2.66. The van der Waals surface area contributed by atoms with Crippen molar-refractivity contribution in [3.05, 3.63) is 37.1 Å². The number of aliphatic hydroxyl groups excluding tert-OH is 3. The van der Waals surface area contributed by atoms with Crippen LogP contribution in [0.5, 0.6) is 0 Å². The molecule has 1 saturated heterocycles. The minimum atomic E-state index is -1.59. The van der Waals surface area contributed by atoms with Gasteiger partial charge in [0.1, 0.15) is 18.3 Å². The van der Waals surface area contributed by atoms with Crippen molar-refractivity contribution in [2.24, 2.45) is 0 Å². The molecule has 1 fully saturated rings. The molecule has 11 nitrogen and oxygen atoms in total. The number of nitrogens with zero attached hydrogens (tertiary/aromatic N) is 2. The molecule has 1 aliphatic heterocycles. The number of nitrogens with one attached hydrogen (secondary N) is 1. The van der Waals surface area contributed by atoms with Crippen LogP contribution < -0.4 is 11.2 Å². The molecule has 0 spiro atoms. The summed E-state index contributed by atoms with van der Waals surface area (Å²) in [6.45, 7) is -0.616. The first-order valence-corrected chi connectivity index (χ1v) is 5.49. The van der Waals surface area contributed by atoms with Crippen LogP contribution in [0.2, 0.25) is 0 Å². The predicted molar refractivity (Wildman–Crippen MR) is 61.0 cm³/mol. The van der Waals surface area contributed by atoms with Crippen LogP contribution in [0.25, 0.3) is 0 Å². The fourth-order valence-corrected chi connectivity index (χ4v) is 1.90. The largest absolute Gasteiger partial charge is 0.394 e. The lowest BCUT2D eigenvalue weighted by Gasteiger charge is -2.16. The Kier molecular flexibility index (Phi) is 3.67. The van der Waals surface area contributed by atoms with Crippen LogP contribution in [0.1, 0.15) is 6.23 Å². The second-order valence-corrected chi connectivity index (χ2v) is 4.17. The summed E-state index contributed by atoms with van der Waals surface area (Å²) in [5.41, 5.74) is -3.15. The van der Waals surface area contributed by atoms with Crippen LogP contribution in [0.15, 0.2) is 15.8 Å². The lowest BCUT2D eigenvalue weighted by Crippen LogP contribution is -2.38. The number of nitro groups is 1. The standard InChI is InChI=1S/C9H11N3O8/c13-2-4-5(14)6(15)8(20-4)11-1-3(12(18)19)7(16)10-9(11)17/h1,4-6,8,13-15H,2H2,(H,10,16,17)/t4-,5-,6+,8-/m1/s1. The number of aliphatic hydroxyl groups is 3. The van der Waals surface area contributed by atoms with Gasteiger partial charge in [-0.05, 0) is 0 Å². The summed E-state index contributed by atoms with van der Waals surface area (Å²) in [4.78, 5) is 34.2. The van der Waals surface area contributed by atoms with Gasteiger partial charge in [-0.2, -0.15) is 0 Å². The van der Waals surface area contributed by atoms with Crippen molar-refractivity contribution in [2.45, 2.75) is 24.5 Å². The van der Waals surface area contributed by atoms with E-state index in [-0.39, 0.29) is 0 Å². The predicted octanol–water partition coefficient (Wildman–Crippen LogP) is -2.94. The van der Waals surface area contributed by atoms with E-state index in [4.69, 9.17) is 9.84 Å². The molecule has 20 heavy (non-hydrogen) atoms. The fourth-order valence-electron chi connectivity index (χ4n) is 1.90. The zero-order chi connectivity index (χ0) is 15.0. The molecule has 0 aliphatic carbocycles. The smallest absolute Gasteiger partial charge is 0.350 e. The van der Waals surface area contributed by atoms with E-state index in [9.17, 15) is 29.9 Å². The van der Waals surface area contributed by atoms with E-state index < -0.39 is 53.0 Å².